The molecule has 0 spiro atoms. The molecule has 0 aliphatic carbocycles. The van der Waals surface area contributed by atoms with Crippen LogP contribution >= 0.6 is 0 Å². The summed E-state index contributed by atoms with van der Waals surface area (Å²) >= 11 is 0. The van der Waals surface area contributed by atoms with Gasteiger partial charge in [0.05, 0.1) is 12.7 Å². The molecule has 3 rings (SSSR count). The average molecular weight is 398 g/mol. The molecule has 0 saturated carbocycles. The molecule has 152 valence electrons. The molecular weight excluding hydrogens is 375 g/mol. The van der Waals surface area contributed by atoms with Crippen molar-refractivity contribution in [3.8, 4) is 0 Å². The predicted molar refractivity (Wildman–Crippen MR) is 107 cm³/mol. The van der Waals surface area contributed by atoms with E-state index in [0.29, 0.717) is 47.7 Å². The van der Waals surface area contributed by atoms with E-state index in [1.54, 1.807) is 0 Å². The van der Waals surface area contributed by atoms with Crippen molar-refractivity contribution in [2.75, 3.05) is 20.1 Å². The standard InChI is InChI=1S/C20H23FN6O2/c1-12(11-27-7-3-4-15-18(27)20(29)26(2)19(15)28)25-17(23)6-5-16(22)13-8-14(21)10-24-9-13/h5-6,8-10,25H,1,3-4,7,11,22-23H2,2H3/b16-5-,17-6+. The van der Waals surface area contributed by atoms with Gasteiger partial charge in [-0.05, 0) is 31.1 Å². The van der Waals surface area contributed by atoms with Crippen LogP contribution in [-0.2, 0) is 9.59 Å². The molecule has 1 aromatic rings. The fourth-order valence-corrected chi connectivity index (χ4v) is 3.31. The molecule has 29 heavy (non-hydrogen) atoms. The van der Waals surface area contributed by atoms with Gasteiger partial charge in [0.15, 0.2) is 0 Å². The minimum atomic E-state index is -0.483. The summed E-state index contributed by atoms with van der Waals surface area (Å²) < 4.78 is 13.2. The summed E-state index contributed by atoms with van der Waals surface area (Å²) in [5.41, 5.74) is 14.2. The van der Waals surface area contributed by atoms with Gasteiger partial charge in [-0.15, -0.1) is 0 Å². The van der Waals surface area contributed by atoms with Crippen molar-refractivity contribution >= 4 is 17.5 Å². The van der Waals surface area contributed by atoms with Gasteiger partial charge in [0.2, 0.25) is 0 Å². The van der Waals surface area contributed by atoms with E-state index in [4.69, 9.17) is 11.5 Å². The molecule has 0 aromatic carbocycles. The first-order chi connectivity index (χ1) is 13.8. The summed E-state index contributed by atoms with van der Waals surface area (Å²) in [5.74, 6) is -0.733. The Bertz CT molecular complexity index is 965. The molecule has 2 aliphatic heterocycles. The van der Waals surface area contributed by atoms with Gasteiger partial charge < -0.3 is 21.7 Å². The number of pyridine rings is 1. The number of nitrogens with one attached hydrogen (secondary N) is 1. The SMILES string of the molecule is C=C(CN1CCCC2=C1C(=O)N(C)C2=O)N/C(N)=C/C=C(\N)c1cncc(F)c1. The van der Waals surface area contributed by atoms with E-state index in [1.807, 2.05) is 4.90 Å². The first-order valence-corrected chi connectivity index (χ1v) is 9.07. The maximum Gasteiger partial charge on any atom is 0.277 e. The highest BCUT2D eigenvalue weighted by atomic mass is 19.1. The number of rotatable bonds is 6. The van der Waals surface area contributed by atoms with Crippen LogP contribution in [-0.4, -0.2) is 46.7 Å². The van der Waals surface area contributed by atoms with Crippen LogP contribution in [0.5, 0.6) is 0 Å². The van der Waals surface area contributed by atoms with Gasteiger partial charge in [-0.1, -0.05) is 6.58 Å². The van der Waals surface area contributed by atoms with Crippen molar-refractivity contribution in [1.82, 2.24) is 20.1 Å². The summed E-state index contributed by atoms with van der Waals surface area (Å²) in [4.78, 5) is 31.2. The molecule has 8 nitrogen and oxygen atoms in total. The summed E-state index contributed by atoms with van der Waals surface area (Å²) in [6.45, 7) is 4.92. The molecule has 2 aliphatic rings. The maximum atomic E-state index is 13.2. The van der Waals surface area contributed by atoms with E-state index in [9.17, 15) is 14.0 Å². The summed E-state index contributed by atoms with van der Waals surface area (Å²) in [6, 6.07) is 1.27. The predicted octanol–water partition coefficient (Wildman–Crippen LogP) is 0.772. The number of hydrogen-bond donors (Lipinski definition) is 3. The Morgan fingerprint density at radius 2 is 2.07 bits per heavy atom. The Balaban J connectivity index is 1.64. The molecule has 9 heteroatoms. The normalized spacial score (nSPS) is 17.7. The molecule has 2 amide bonds. The summed E-state index contributed by atoms with van der Waals surface area (Å²) in [7, 11) is 1.49. The molecule has 0 saturated heterocycles. The van der Waals surface area contributed by atoms with Gasteiger partial charge in [0.25, 0.3) is 11.8 Å². The molecule has 0 atom stereocenters. The number of nitrogens with zero attached hydrogens (tertiary/aromatic N) is 3. The maximum absolute atomic E-state index is 13.2. The lowest BCUT2D eigenvalue weighted by molar-refractivity contribution is -0.136. The number of nitrogens with two attached hydrogens (primary N) is 2. The number of hydrogen-bond acceptors (Lipinski definition) is 7. The van der Waals surface area contributed by atoms with Crippen molar-refractivity contribution in [2.45, 2.75) is 12.8 Å². The zero-order chi connectivity index (χ0) is 21.1. The Labute approximate surface area is 168 Å². The number of likely N-dealkylation sites (N-methyl/N-ethyl adjacent to an activating group) is 1. The number of aromatic nitrogens is 1. The van der Waals surface area contributed by atoms with E-state index >= 15 is 0 Å². The summed E-state index contributed by atoms with van der Waals surface area (Å²) in [6.07, 6.45) is 6.98. The second kappa shape index (κ2) is 8.17. The van der Waals surface area contributed by atoms with E-state index < -0.39 is 5.82 Å². The third-order valence-corrected chi connectivity index (χ3v) is 4.71. The van der Waals surface area contributed by atoms with Crippen molar-refractivity contribution in [3.05, 3.63) is 71.4 Å². The van der Waals surface area contributed by atoms with Crippen molar-refractivity contribution < 1.29 is 14.0 Å². The lowest BCUT2D eigenvalue weighted by atomic mass is 10.0. The van der Waals surface area contributed by atoms with Crippen LogP contribution in [0.3, 0.4) is 0 Å². The van der Waals surface area contributed by atoms with Crippen LogP contribution in [0, 0.1) is 5.82 Å². The monoisotopic (exact) mass is 398 g/mol. The largest absolute Gasteiger partial charge is 0.398 e. The number of carbonyl (C=O) groups is 2. The van der Waals surface area contributed by atoms with E-state index in [1.165, 1.54) is 31.5 Å². The van der Waals surface area contributed by atoms with Crippen molar-refractivity contribution in [1.29, 1.82) is 0 Å². The molecule has 0 fully saturated rings. The van der Waals surface area contributed by atoms with Crippen LogP contribution in [0.1, 0.15) is 18.4 Å². The molecule has 0 bridgehead atoms. The van der Waals surface area contributed by atoms with Crippen LogP contribution < -0.4 is 16.8 Å². The number of allylic oxidation sites excluding steroid dienone is 2. The van der Waals surface area contributed by atoms with Gasteiger partial charge >= 0.3 is 0 Å². The third kappa shape index (κ3) is 4.29. The number of amides is 2. The van der Waals surface area contributed by atoms with Crippen molar-refractivity contribution in [2.24, 2.45) is 11.5 Å². The fraction of sp³-hybridized carbons (Fsp3) is 0.250. The average Bonchev–Trinajstić information content (AvgIpc) is 2.91. The van der Waals surface area contributed by atoms with Crippen LogP contribution in [0.25, 0.3) is 5.70 Å². The number of carbonyl (C=O) groups excluding carboxylic acids is 2. The van der Waals surface area contributed by atoms with Crippen LogP contribution in [0.2, 0.25) is 0 Å². The van der Waals surface area contributed by atoms with Gasteiger partial charge in [0, 0.05) is 42.3 Å². The second-order valence-electron chi connectivity index (χ2n) is 6.89. The lowest BCUT2D eigenvalue weighted by Gasteiger charge is -2.29. The van der Waals surface area contributed by atoms with Crippen LogP contribution in [0.15, 0.2) is 60.0 Å². The van der Waals surface area contributed by atoms with E-state index in [-0.39, 0.29) is 17.6 Å². The highest BCUT2D eigenvalue weighted by molar-refractivity contribution is 6.18. The molecule has 0 unspecified atom stereocenters. The molecule has 1 aromatic heterocycles. The van der Waals surface area contributed by atoms with E-state index in [2.05, 4.69) is 16.9 Å². The van der Waals surface area contributed by atoms with Crippen LogP contribution in [0.4, 0.5) is 4.39 Å². The van der Waals surface area contributed by atoms with Gasteiger partial charge in [-0.3, -0.25) is 19.5 Å². The number of halogens is 1. The first kappa shape index (κ1) is 20.1. The van der Waals surface area contributed by atoms with Gasteiger partial charge in [-0.25, -0.2) is 4.39 Å². The zero-order valence-corrected chi connectivity index (χ0v) is 16.1. The zero-order valence-electron chi connectivity index (χ0n) is 16.1. The third-order valence-electron chi connectivity index (χ3n) is 4.71. The lowest BCUT2D eigenvalue weighted by Crippen LogP contribution is -2.37. The van der Waals surface area contributed by atoms with E-state index in [0.717, 1.165) is 17.5 Å². The minimum absolute atomic E-state index is 0.236. The topological polar surface area (TPSA) is 118 Å². The Hall–Kier alpha value is -3.62. The molecule has 0 radical (unpaired) electrons. The minimum Gasteiger partial charge on any atom is -0.398 e. The van der Waals surface area contributed by atoms with Gasteiger partial charge in [0.1, 0.15) is 17.3 Å². The molecule has 5 N–H and O–H groups in total. The first-order valence-electron chi connectivity index (χ1n) is 9.07. The Morgan fingerprint density at radius 3 is 2.79 bits per heavy atom. The highest BCUT2D eigenvalue weighted by Crippen LogP contribution is 2.30. The fourth-order valence-electron chi connectivity index (χ4n) is 3.31. The second-order valence-corrected chi connectivity index (χ2v) is 6.89. The number of imide groups is 1. The van der Waals surface area contributed by atoms with Gasteiger partial charge in [-0.2, -0.15) is 0 Å². The molecular formula is C20H23FN6O2. The Kier molecular flexibility index (Phi) is 5.67. The molecule has 3 heterocycles. The Morgan fingerprint density at radius 1 is 1.31 bits per heavy atom. The quantitative estimate of drug-likeness (QED) is 0.479. The van der Waals surface area contributed by atoms with Crippen molar-refractivity contribution in [3.63, 3.8) is 0 Å². The summed E-state index contributed by atoms with van der Waals surface area (Å²) in [5, 5.41) is 2.94. The highest BCUT2D eigenvalue weighted by Gasteiger charge is 2.40. The smallest absolute Gasteiger partial charge is 0.277 e.